The standard InChI is InChI=1S/C15H24N4O/c1-4-10-18(12-8-6-7-9-12)15(20)14-13(16)11(3)17-19(14)5-2/h4,12H,1,5-10,16H2,2-3H3. The zero-order chi connectivity index (χ0) is 14.7. The van der Waals surface area contributed by atoms with Gasteiger partial charge in [0.15, 0.2) is 0 Å². The van der Waals surface area contributed by atoms with Crippen LogP contribution in [-0.4, -0.2) is 33.2 Å². The smallest absolute Gasteiger partial charge is 0.274 e. The molecule has 110 valence electrons. The van der Waals surface area contributed by atoms with Crippen LogP contribution >= 0.6 is 0 Å². The van der Waals surface area contributed by atoms with Gasteiger partial charge < -0.3 is 10.6 Å². The number of carbonyl (C=O) groups excluding carboxylic acids is 1. The summed E-state index contributed by atoms with van der Waals surface area (Å²) in [4.78, 5) is 14.8. The first kappa shape index (κ1) is 14.6. The summed E-state index contributed by atoms with van der Waals surface area (Å²) in [6.45, 7) is 8.79. The van der Waals surface area contributed by atoms with Crippen LogP contribution in [0.2, 0.25) is 0 Å². The first-order valence-corrected chi connectivity index (χ1v) is 7.34. The third-order valence-corrected chi connectivity index (χ3v) is 4.03. The number of aryl methyl sites for hydroxylation is 2. The van der Waals surface area contributed by atoms with E-state index in [0.717, 1.165) is 18.5 Å². The maximum Gasteiger partial charge on any atom is 0.274 e. The summed E-state index contributed by atoms with van der Waals surface area (Å²) in [5.74, 6) is -0.0169. The van der Waals surface area contributed by atoms with E-state index in [-0.39, 0.29) is 5.91 Å². The van der Waals surface area contributed by atoms with E-state index in [4.69, 9.17) is 5.73 Å². The lowest BCUT2D eigenvalue weighted by Gasteiger charge is -2.28. The van der Waals surface area contributed by atoms with Crippen LogP contribution in [0.1, 0.15) is 48.8 Å². The third-order valence-electron chi connectivity index (χ3n) is 4.03. The minimum atomic E-state index is -0.0169. The van der Waals surface area contributed by atoms with Crippen molar-refractivity contribution in [2.45, 2.75) is 52.1 Å². The molecule has 2 rings (SSSR count). The van der Waals surface area contributed by atoms with Crippen molar-refractivity contribution in [1.29, 1.82) is 0 Å². The number of hydrogen-bond acceptors (Lipinski definition) is 3. The van der Waals surface area contributed by atoms with E-state index in [1.165, 1.54) is 12.8 Å². The van der Waals surface area contributed by atoms with Gasteiger partial charge in [-0.25, -0.2) is 0 Å². The molecule has 5 nitrogen and oxygen atoms in total. The van der Waals surface area contributed by atoms with Gasteiger partial charge in [0.2, 0.25) is 0 Å². The fourth-order valence-electron chi connectivity index (χ4n) is 2.94. The third kappa shape index (κ3) is 2.57. The first-order valence-electron chi connectivity index (χ1n) is 7.34. The molecule has 0 aromatic carbocycles. The van der Waals surface area contributed by atoms with Gasteiger partial charge in [-0.2, -0.15) is 5.10 Å². The fourth-order valence-corrected chi connectivity index (χ4v) is 2.94. The summed E-state index contributed by atoms with van der Waals surface area (Å²) in [6, 6.07) is 0.306. The van der Waals surface area contributed by atoms with E-state index in [9.17, 15) is 4.79 Å². The van der Waals surface area contributed by atoms with E-state index in [1.54, 1.807) is 10.8 Å². The molecule has 1 aromatic rings. The predicted molar refractivity (Wildman–Crippen MR) is 80.5 cm³/mol. The summed E-state index contributed by atoms with van der Waals surface area (Å²) >= 11 is 0. The quantitative estimate of drug-likeness (QED) is 0.840. The Morgan fingerprint density at radius 2 is 2.20 bits per heavy atom. The maximum absolute atomic E-state index is 12.9. The molecular formula is C15H24N4O. The molecule has 20 heavy (non-hydrogen) atoms. The topological polar surface area (TPSA) is 64.2 Å². The monoisotopic (exact) mass is 276 g/mol. The highest BCUT2D eigenvalue weighted by Gasteiger charge is 2.30. The normalized spacial score (nSPS) is 15.5. The number of carbonyl (C=O) groups is 1. The summed E-state index contributed by atoms with van der Waals surface area (Å²) in [6.07, 6.45) is 6.30. The number of nitrogens with zero attached hydrogens (tertiary/aromatic N) is 3. The Morgan fingerprint density at radius 3 is 2.75 bits per heavy atom. The van der Waals surface area contributed by atoms with Crippen LogP contribution in [0.5, 0.6) is 0 Å². The first-order chi connectivity index (χ1) is 9.60. The van der Waals surface area contributed by atoms with E-state index in [2.05, 4.69) is 11.7 Å². The lowest BCUT2D eigenvalue weighted by atomic mass is 10.1. The summed E-state index contributed by atoms with van der Waals surface area (Å²) in [5, 5.41) is 4.34. The summed E-state index contributed by atoms with van der Waals surface area (Å²) in [5.41, 5.74) is 7.81. The molecule has 0 radical (unpaired) electrons. The Hall–Kier alpha value is -1.78. The van der Waals surface area contributed by atoms with Crippen molar-refractivity contribution in [2.24, 2.45) is 0 Å². The van der Waals surface area contributed by atoms with E-state index in [1.807, 2.05) is 18.7 Å². The molecule has 1 aromatic heterocycles. The number of aromatic nitrogens is 2. The number of nitrogen functional groups attached to an aromatic ring is 1. The number of anilines is 1. The van der Waals surface area contributed by atoms with Crippen LogP contribution in [0.15, 0.2) is 12.7 Å². The molecule has 1 amide bonds. The molecule has 1 saturated carbocycles. The molecule has 5 heteroatoms. The molecule has 2 N–H and O–H groups in total. The highest BCUT2D eigenvalue weighted by molar-refractivity contribution is 5.98. The zero-order valence-electron chi connectivity index (χ0n) is 12.4. The molecule has 0 spiro atoms. The second-order valence-corrected chi connectivity index (χ2v) is 5.35. The number of amides is 1. The SMILES string of the molecule is C=CCN(C(=O)c1c(N)c(C)nn1CC)C1CCCC1. The molecule has 0 bridgehead atoms. The maximum atomic E-state index is 12.9. The van der Waals surface area contributed by atoms with Gasteiger partial charge in [-0.15, -0.1) is 6.58 Å². The Labute approximate surface area is 120 Å². The molecule has 1 fully saturated rings. The Kier molecular flexibility index (Phi) is 4.47. The van der Waals surface area contributed by atoms with Crippen molar-refractivity contribution in [3.05, 3.63) is 24.0 Å². The second kappa shape index (κ2) is 6.11. The molecule has 0 unspecified atom stereocenters. The predicted octanol–water partition coefficient (Wildman–Crippen LogP) is 2.36. The van der Waals surface area contributed by atoms with Crippen LogP contribution in [0.4, 0.5) is 5.69 Å². The average molecular weight is 276 g/mol. The number of rotatable bonds is 5. The van der Waals surface area contributed by atoms with E-state index in [0.29, 0.717) is 30.5 Å². The van der Waals surface area contributed by atoms with Crippen molar-refractivity contribution in [3.63, 3.8) is 0 Å². The average Bonchev–Trinajstić information content (AvgIpc) is 3.05. The summed E-state index contributed by atoms with van der Waals surface area (Å²) in [7, 11) is 0. The van der Waals surface area contributed by atoms with Crippen LogP contribution in [0.25, 0.3) is 0 Å². The largest absolute Gasteiger partial charge is 0.395 e. The van der Waals surface area contributed by atoms with Crippen LogP contribution in [0.3, 0.4) is 0 Å². The van der Waals surface area contributed by atoms with Crippen molar-refractivity contribution in [3.8, 4) is 0 Å². The van der Waals surface area contributed by atoms with Gasteiger partial charge in [0, 0.05) is 19.1 Å². The van der Waals surface area contributed by atoms with Gasteiger partial charge in [0.05, 0.1) is 11.4 Å². The second-order valence-electron chi connectivity index (χ2n) is 5.35. The number of hydrogen-bond donors (Lipinski definition) is 1. The van der Waals surface area contributed by atoms with Gasteiger partial charge in [-0.05, 0) is 26.7 Å². The highest BCUT2D eigenvalue weighted by atomic mass is 16.2. The zero-order valence-corrected chi connectivity index (χ0v) is 12.4. The van der Waals surface area contributed by atoms with Gasteiger partial charge in [0.1, 0.15) is 5.69 Å². The minimum absolute atomic E-state index is 0.0169. The Bertz CT molecular complexity index is 500. The van der Waals surface area contributed by atoms with Crippen LogP contribution < -0.4 is 5.73 Å². The Morgan fingerprint density at radius 1 is 1.55 bits per heavy atom. The molecule has 0 aliphatic heterocycles. The van der Waals surface area contributed by atoms with Gasteiger partial charge in [-0.1, -0.05) is 18.9 Å². The van der Waals surface area contributed by atoms with Gasteiger partial charge in [-0.3, -0.25) is 9.48 Å². The lowest BCUT2D eigenvalue weighted by Crippen LogP contribution is -2.40. The molecule has 1 aliphatic rings. The minimum Gasteiger partial charge on any atom is -0.395 e. The number of nitrogens with two attached hydrogens (primary N) is 1. The van der Waals surface area contributed by atoms with E-state index >= 15 is 0 Å². The van der Waals surface area contributed by atoms with Gasteiger partial charge in [0.25, 0.3) is 5.91 Å². The van der Waals surface area contributed by atoms with E-state index < -0.39 is 0 Å². The van der Waals surface area contributed by atoms with Crippen LogP contribution in [-0.2, 0) is 6.54 Å². The molecule has 1 heterocycles. The van der Waals surface area contributed by atoms with Crippen LogP contribution in [0, 0.1) is 6.92 Å². The lowest BCUT2D eigenvalue weighted by molar-refractivity contribution is 0.0695. The van der Waals surface area contributed by atoms with Crippen molar-refractivity contribution < 1.29 is 4.79 Å². The highest BCUT2D eigenvalue weighted by Crippen LogP contribution is 2.27. The van der Waals surface area contributed by atoms with Crippen molar-refractivity contribution in [1.82, 2.24) is 14.7 Å². The summed E-state index contributed by atoms with van der Waals surface area (Å²) < 4.78 is 1.71. The Balaban J connectivity index is 2.33. The molecule has 0 atom stereocenters. The fraction of sp³-hybridized carbons (Fsp3) is 0.600. The van der Waals surface area contributed by atoms with Gasteiger partial charge >= 0.3 is 0 Å². The van der Waals surface area contributed by atoms with Crippen molar-refractivity contribution in [2.75, 3.05) is 12.3 Å². The molecule has 0 saturated heterocycles. The molecule has 1 aliphatic carbocycles. The molecular weight excluding hydrogens is 252 g/mol. The van der Waals surface area contributed by atoms with Crippen molar-refractivity contribution >= 4 is 11.6 Å².